The Bertz CT molecular complexity index is 587. The molecule has 0 aromatic heterocycles. The van der Waals surface area contributed by atoms with Crippen molar-refractivity contribution >= 4 is 50.1 Å². The fourth-order valence-corrected chi connectivity index (χ4v) is 3.18. The normalized spacial score (nSPS) is 12.3. The molecule has 0 amide bonds. The van der Waals surface area contributed by atoms with E-state index in [-0.39, 0.29) is 0 Å². The third-order valence-corrected chi connectivity index (χ3v) is 4.25. The third kappa shape index (κ3) is 3.42. The molecule has 0 saturated carbocycles. The number of hydrogen-bond acceptors (Lipinski definition) is 2. The average molecular weight is 454 g/mol. The van der Waals surface area contributed by atoms with Crippen molar-refractivity contribution in [1.82, 2.24) is 0 Å². The molecule has 0 saturated heterocycles. The van der Waals surface area contributed by atoms with Crippen molar-refractivity contribution in [3.05, 3.63) is 60.6 Å². The van der Waals surface area contributed by atoms with Gasteiger partial charge >= 0.3 is 0 Å². The van der Waals surface area contributed by atoms with Crippen molar-refractivity contribution in [3.8, 4) is 5.75 Å². The number of benzene rings is 2. The van der Waals surface area contributed by atoms with Gasteiger partial charge in [-0.2, -0.15) is 0 Å². The van der Waals surface area contributed by atoms with Crippen LogP contribution in [0, 0.1) is 3.57 Å². The smallest absolute Gasteiger partial charge is 0.139 e. The maximum Gasteiger partial charge on any atom is 0.139 e. The Morgan fingerprint density at radius 1 is 1.26 bits per heavy atom. The van der Waals surface area contributed by atoms with Gasteiger partial charge in [-0.15, -0.1) is 0 Å². The number of methoxy groups -OCH3 is 1. The quantitative estimate of drug-likeness (QED) is 0.677. The van der Waals surface area contributed by atoms with Gasteiger partial charge in [0.15, 0.2) is 0 Å². The van der Waals surface area contributed by atoms with Gasteiger partial charge in [0.2, 0.25) is 0 Å². The lowest BCUT2D eigenvalue weighted by molar-refractivity contribution is 0.214. The minimum atomic E-state index is -0.776. The van der Waals surface area contributed by atoms with Crippen molar-refractivity contribution in [3.63, 3.8) is 0 Å². The molecule has 2 aromatic carbocycles. The lowest BCUT2D eigenvalue weighted by Crippen LogP contribution is -2.03. The summed E-state index contributed by atoms with van der Waals surface area (Å²) in [4.78, 5) is 0. The number of ether oxygens (including phenoxy) is 1. The van der Waals surface area contributed by atoms with Gasteiger partial charge in [0, 0.05) is 14.2 Å². The van der Waals surface area contributed by atoms with E-state index in [4.69, 9.17) is 16.3 Å². The van der Waals surface area contributed by atoms with Crippen molar-refractivity contribution in [2.24, 2.45) is 0 Å². The molecule has 2 nitrogen and oxygen atoms in total. The third-order valence-electron chi connectivity index (χ3n) is 2.72. The Morgan fingerprint density at radius 3 is 2.47 bits per heavy atom. The Hall–Kier alpha value is -0.300. The molecule has 0 heterocycles. The lowest BCUT2D eigenvalue weighted by Gasteiger charge is -2.17. The van der Waals surface area contributed by atoms with Crippen molar-refractivity contribution in [2.45, 2.75) is 6.10 Å². The highest BCUT2D eigenvalue weighted by Crippen LogP contribution is 2.38. The molecule has 0 aliphatic carbocycles. The van der Waals surface area contributed by atoms with Crippen LogP contribution in [0.4, 0.5) is 0 Å². The summed E-state index contributed by atoms with van der Waals surface area (Å²) < 4.78 is 7.17. The van der Waals surface area contributed by atoms with E-state index in [0.717, 1.165) is 13.6 Å². The first-order valence-corrected chi connectivity index (χ1v) is 7.74. The highest BCUT2D eigenvalue weighted by Gasteiger charge is 2.18. The largest absolute Gasteiger partial charge is 0.495 e. The first-order chi connectivity index (χ1) is 9.02. The summed E-state index contributed by atoms with van der Waals surface area (Å²) in [5.74, 6) is 0.593. The molecule has 0 spiro atoms. The molecule has 2 rings (SSSR count). The Labute approximate surface area is 139 Å². The van der Waals surface area contributed by atoms with Gasteiger partial charge in [0.05, 0.1) is 11.6 Å². The molecule has 0 bridgehead atoms. The molecule has 100 valence electrons. The molecule has 0 fully saturated rings. The van der Waals surface area contributed by atoms with Crippen molar-refractivity contribution in [2.75, 3.05) is 7.11 Å². The van der Waals surface area contributed by atoms with E-state index >= 15 is 0 Å². The number of aliphatic hydroxyl groups is 1. The molecule has 2 aromatic rings. The number of halogens is 3. The zero-order valence-electron chi connectivity index (χ0n) is 10.0. The summed E-state index contributed by atoms with van der Waals surface area (Å²) in [5.41, 5.74) is 1.44. The summed E-state index contributed by atoms with van der Waals surface area (Å²) in [7, 11) is 1.57. The Morgan fingerprint density at radius 2 is 1.89 bits per heavy atom. The van der Waals surface area contributed by atoms with E-state index in [0.29, 0.717) is 16.3 Å². The first-order valence-electron chi connectivity index (χ1n) is 5.49. The maximum atomic E-state index is 10.5. The average Bonchev–Trinajstić information content (AvgIpc) is 2.38. The predicted molar refractivity (Wildman–Crippen MR) is 88.9 cm³/mol. The van der Waals surface area contributed by atoms with Crippen LogP contribution >= 0.6 is 50.1 Å². The highest BCUT2D eigenvalue weighted by atomic mass is 127. The van der Waals surface area contributed by atoms with Gasteiger partial charge < -0.3 is 9.84 Å². The van der Waals surface area contributed by atoms with E-state index < -0.39 is 6.10 Å². The van der Waals surface area contributed by atoms with Gasteiger partial charge in [-0.1, -0.05) is 23.7 Å². The highest BCUT2D eigenvalue weighted by molar-refractivity contribution is 14.1. The van der Waals surface area contributed by atoms with E-state index in [9.17, 15) is 5.11 Å². The summed E-state index contributed by atoms with van der Waals surface area (Å²) in [5, 5.41) is 11.0. The predicted octanol–water partition coefficient (Wildman–Crippen LogP) is 4.80. The standard InChI is InChI=1S/C14H11BrClIO2/c1-19-14-11(6-9(16)7-12(14)15)13(18)8-2-4-10(17)5-3-8/h2-7,13,18H,1H3. The molecular weight excluding hydrogens is 442 g/mol. The molecule has 1 N–H and O–H groups in total. The van der Waals surface area contributed by atoms with Crippen LogP contribution in [0.3, 0.4) is 0 Å². The number of aliphatic hydroxyl groups excluding tert-OH is 1. The lowest BCUT2D eigenvalue weighted by atomic mass is 10.0. The number of hydrogen-bond donors (Lipinski definition) is 1. The summed E-state index contributed by atoms with van der Waals surface area (Å²) in [6.07, 6.45) is -0.776. The van der Waals surface area contributed by atoms with Crippen LogP contribution in [0.2, 0.25) is 5.02 Å². The van der Waals surface area contributed by atoms with E-state index in [1.807, 2.05) is 24.3 Å². The first kappa shape index (κ1) is 15.1. The topological polar surface area (TPSA) is 29.5 Å². The molecule has 1 atom stereocenters. The van der Waals surface area contributed by atoms with Crippen LogP contribution in [0.15, 0.2) is 40.9 Å². The minimum Gasteiger partial charge on any atom is -0.495 e. The van der Waals surface area contributed by atoms with Crippen LogP contribution in [-0.2, 0) is 0 Å². The summed E-state index contributed by atoms with van der Waals surface area (Å²) >= 11 is 11.7. The summed E-state index contributed by atoms with van der Waals surface area (Å²) in [6, 6.07) is 11.1. The van der Waals surface area contributed by atoms with Gasteiger partial charge in [-0.25, -0.2) is 0 Å². The zero-order valence-corrected chi connectivity index (χ0v) is 14.5. The molecule has 1 unspecified atom stereocenters. The minimum absolute atomic E-state index is 0.548. The molecule has 19 heavy (non-hydrogen) atoms. The number of rotatable bonds is 3. The van der Waals surface area contributed by atoms with E-state index in [2.05, 4.69) is 38.5 Å². The molecule has 5 heteroatoms. The molecule has 0 aliphatic heterocycles. The van der Waals surface area contributed by atoms with Gasteiger partial charge in [-0.3, -0.25) is 0 Å². The molecule has 0 radical (unpaired) electrons. The van der Waals surface area contributed by atoms with Crippen LogP contribution in [0.1, 0.15) is 17.2 Å². The van der Waals surface area contributed by atoms with E-state index in [1.165, 1.54) is 0 Å². The van der Waals surface area contributed by atoms with Crippen LogP contribution in [-0.4, -0.2) is 12.2 Å². The second kappa shape index (κ2) is 6.43. The molecule has 0 aliphatic rings. The van der Waals surface area contributed by atoms with Crippen LogP contribution in [0.5, 0.6) is 5.75 Å². The monoisotopic (exact) mass is 452 g/mol. The SMILES string of the molecule is COc1c(Br)cc(Cl)cc1C(O)c1ccc(I)cc1. The Balaban J connectivity index is 2.48. The Kier molecular flexibility index (Phi) is 5.11. The molecular formula is C14H11BrClIO2. The van der Waals surface area contributed by atoms with Crippen molar-refractivity contribution in [1.29, 1.82) is 0 Å². The second-order valence-electron chi connectivity index (χ2n) is 3.96. The van der Waals surface area contributed by atoms with Crippen LogP contribution < -0.4 is 4.74 Å². The van der Waals surface area contributed by atoms with Gasteiger partial charge in [0.25, 0.3) is 0 Å². The van der Waals surface area contributed by atoms with Gasteiger partial charge in [-0.05, 0) is 68.3 Å². The van der Waals surface area contributed by atoms with Gasteiger partial charge in [0.1, 0.15) is 11.9 Å². The second-order valence-corrected chi connectivity index (χ2v) is 6.50. The zero-order chi connectivity index (χ0) is 14.0. The fraction of sp³-hybridized carbons (Fsp3) is 0.143. The maximum absolute atomic E-state index is 10.5. The van der Waals surface area contributed by atoms with Crippen LogP contribution in [0.25, 0.3) is 0 Å². The fourth-order valence-electron chi connectivity index (χ4n) is 1.82. The van der Waals surface area contributed by atoms with Crippen molar-refractivity contribution < 1.29 is 9.84 Å². The van der Waals surface area contributed by atoms with E-state index in [1.54, 1.807) is 19.2 Å². The summed E-state index contributed by atoms with van der Waals surface area (Å²) in [6.45, 7) is 0.